The van der Waals surface area contributed by atoms with Gasteiger partial charge in [0.15, 0.2) is 5.15 Å². The predicted molar refractivity (Wildman–Crippen MR) is 66.7 cm³/mol. The van der Waals surface area contributed by atoms with E-state index in [0.29, 0.717) is 30.5 Å². The normalized spacial score (nSPS) is 20.8. The molecule has 0 saturated heterocycles. The highest BCUT2D eigenvalue weighted by Gasteiger charge is 2.39. The summed E-state index contributed by atoms with van der Waals surface area (Å²) in [5, 5.41) is 7.84. The number of hydrazine groups is 1. The molecule has 0 aromatic carbocycles. The molecule has 2 aliphatic rings. The van der Waals surface area contributed by atoms with Crippen LogP contribution in [0.3, 0.4) is 0 Å². The van der Waals surface area contributed by atoms with E-state index in [9.17, 15) is 0 Å². The zero-order chi connectivity index (χ0) is 12.6. The van der Waals surface area contributed by atoms with Crippen molar-refractivity contribution < 1.29 is 9.47 Å². The van der Waals surface area contributed by atoms with Gasteiger partial charge in [0.05, 0.1) is 13.2 Å². The van der Waals surface area contributed by atoms with E-state index < -0.39 is 0 Å². The Morgan fingerprint density at radius 1 is 1.11 bits per heavy atom. The minimum atomic E-state index is 0.0915. The van der Waals surface area contributed by atoms with Crippen molar-refractivity contribution in [2.24, 2.45) is 11.3 Å². The van der Waals surface area contributed by atoms with Crippen LogP contribution in [0.25, 0.3) is 0 Å². The number of hydrogen-bond donors (Lipinski definition) is 2. The number of aromatic nitrogens is 2. The second-order valence-corrected chi connectivity index (χ2v) is 5.28. The van der Waals surface area contributed by atoms with Crippen LogP contribution < -0.4 is 20.7 Å². The molecule has 1 spiro atoms. The summed E-state index contributed by atoms with van der Waals surface area (Å²) in [5.74, 6) is 6.63. The first-order chi connectivity index (χ1) is 8.74. The lowest BCUT2D eigenvalue weighted by Crippen LogP contribution is -2.30. The van der Waals surface area contributed by atoms with E-state index in [0.717, 1.165) is 12.8 Å². The van der Waals surface area contributed by atoms with Crippen molar-refractivity contribution in [1.29, 1.82) is 0 Å². The van der Waals surface area contributed by atoms with Crippen LogP contribution in [0.4, 0.5) is 5.82 Å². The molecule has 7 heteroatoms. The van der Waals surface area contributed by atoms with Gasteiger partial charge < -0.3 is 14.9 Å². The van der Waals surface area contributed by atoms with Crippen molar-refractivity contribution in [3.63, 3.8) is 0 Å². The molecule has 3 rings (SSSR count). The van der Waals surface area contributed by atoms with Crippen LogP contribution in [-0.4, -0.2) is 23.4 Å². The summed E-state index contributed by atoms with van der Waals surface area (Å²) >= 11 is 5.99. The van der Waals surface area contributed by atoms with Gasteiger partial charge in [0.25, 0.3) is 0 Å². The molecule has 0 atom stereocenters. The average molecular weight is 271 g/mol. The van der Waals surface area contributed by atoms with E-state index in [2.05, 4.69) is 15.6 Å². The Hall–Kier alpha value is -1.27. The summed E-state index contributed by atoms with van der Waals surface area (Å²) in [4.78, 5) is 0. The first-order valence-electron chi connectivity index (χ1n) is 6.02. The van der Waals surface area contributed by atoms with Gasteiger partial charge in [-0.2, -0.15) is 0 Å². The minimum absolute atomic E-state index is 0.0915. The van der Waals surface area contributed by atoms with Crippen LogP contribution in [0.5, 0.6) is 11.5 Å². The fourth-order valence-corrected chi connectivity index (χ4v) is 2.82. The van der Waals surface area contributed by atoms with E-state index in [-0.39, 0.29) is 10.6 Å². The van der Waals surface area contributed by atoms with Gasteiger partial charge in [0, 0.05) is 5.41 Å². The quantitative estimate of drug-likeness (QED) is 0.598. The number of fused-ring (bicyclic) bond motifs is 1. The van der Waals surface area contributed by atoms with Crippen molar-refractivity contribution in [2.75, 3.05) is 18.6 Å². The monoisotopic (exact) mass is 270 g/mol. The molecule has 1 fully saturated rings. The summed E-state index contributed by atoms with van der Waals surface area (Å²) < 4.78 is 11.6. The lowest BCUT2D eigenvalue weighted by Gasteiger charge is -2.24. The molecule has 2 heterocycles. The van der Waals surface area contributed by atoms with Gasteiger partial charge >= 0.3 is 0 Å². The first kappa shape index (κ1) is 11.8. The number of anilines is 1. The van der Waals surface area contributed by atoms with Crippen molar-refractivity contribution in [1.82, 2.24) is 10.2 Å². The van der Waals surface area contributed by atoms with Gasteiger partial charge in [-0.15, -0.1) is 10.2 Å². The number of hydrogen-bond acceptors (Lipinski definition) is 6. The molecule has 0 unspecified atom stereocenters. The summed E-state index contributed by atoms with van der Waals surface area (Å²) in [6, 6.07) is 0. The Balaban J connectivity index is 1.95. The van der Waals surface area contributed by atoms with Crippen LogP contribution in [0.15, 0.2) is 0 Å². The van der Waals surface area contributed by atoms with Crippen LogP contribution in [0, 0.1) is 5.41 Å². The molecule has 1 aromatic heterocycles. The highest BCUT2D eigenvalue weighted by Crippen LogP contribution is 2.46. The summed E-state index contributed by atoms with van der Waals surface area (Å²) in [5.41, 5.74) is 2.54. The van der Waals surface area contributed by atoms with Gasteiger partial charge in [0.1, 0.15) is 0 Å². The maximum atomic E-state index is 5.99. The van der Waals surface area contributed by atoms with Gasteiger partial charge in [0.2, 0.25) is 17.3 Å². The molecule has 6 nitrogen and oxygen atoms in total. The van der Waals surface area contributed by atoms with Crippen molar-refractivity contribution >= 4 is 17.4 Å². The fourth-order valence-electron chi connectivity index (χ4n) is 2.65. The number of halogens is 1. The van der Waals surface area contributed by atoms with Crippen molar-refractivity contribution in [3.8, 4) is 11.5 Å². The summed E-state index contributed by atoms with van der Waals surface area (Å²) in [7, 11) is 0. The van der Waals surface area contributed by atoms with E-state index in [1.807, 2.05) is 0 Å². The third kappa shape index (κ3) is 1.85. The lowest BCUT2D eigenvalue weighted by molar-refractivity contribution is 0.110. The second kappa shape index (κ2) is 4.44. The Labute approximate surface area is 110 Å². The predicted octanol–water partition coefficient (Wildman–Crippen LogP) is 1.75. The first-order valence-corrected chi connectivity index (χ1v) is 6.40. The largest absolute Gasteiger partial charge is 0.486 e. The summed E-state index contributed by atoms with van der Waals surface area (Å²) in [6.45, 7) is 1.21. The third-order valence-corrected chi connectivity index (χ3v) is 3.94. The standard InChI is InChI=1S/C11H15ClN4O2/c12-9-7-8(10(14-13)16-15-9)18-6-11(5-17-7)3-1-2-4-11/h1-6,13H2,(H,14,16). The molecule has 0 radical (unpaired) electrons. The zero-order valence-electron chi connectivity index (χ0n) is 9.91. The number of rotatable bonds is 1. The number of nitrogens with zero attached hydrogens (tertiary/aromatic N) is 2. The number of nitrogen functional groups attached to an aromatic ring is 1. The van der Waals surface area contributed by atoms with E-state index in [1.165, 1.54) is 12.8 Å². The van der Waals surface area contributed by atoms with Gasteiger partial charge in [-0.25, -0.2) is 5.84 Å². The molecule has 0 bridgehead atoms. The molecule has 1 saturated carbocycles. The van der Waals surface area contributed by atoms with Gasteiger partial charge in [-0.05, 0) is 12.8 Å². The third-order valence-electron chi connectivity index (χ3n) is 3.69. The molecule has 1 aliphatic carbocycles. The maximum absolute atomic E-state index is 5.99. The van der Waals surface area contributed by atoms with Crippen molar-refractivity contribution in [2.45, 2.75) is 25.7 Å². The molecule has 1 aliphatic heterocycles. The Morgan fingerprint density at radius 2 is 1.78 bits per heavy atom. The smallest absolute Gasteiger partial charge is 0.210 e. The average Bonchev–Trinajstić information content (AvgIpc) is 2.75. The SMILES string of the molecule is NNc1nnc(Cl)c2c1OCC1(CCCC1)CO2. The number of ether oxygens (including phenoxy) is 2. The zero-order valence-corrected chi connectivity index (χ0v) is 10.7. The number of nitrogens with two attached hydrogens (primary N) is 1. The van der Waals surface area contributed by atoms with E-state index >= 15 is 0 Å². The Morgan fingerprint density at radius 3 is 2.44 bits per heavy atom. The number of nitrogens with one attached hydrogen (secondary N) is 1. The maximum Gasteiger partial charge on any atom is 0.210 e. The van der Waals surface area contributed by atoms with Crippen LogP contribution in [-0.2, 0) is 0 Å². The lowest BCUT2D eigenvalue weighted by atomic mass is 9.88. The van der Waals surface area contributed by atoms with Gasteiger partial charge in [-0.1, -0.05) is 24.4 Å². The fraction of sp³-hybridized carbons (Fsp3) is 0.636. The molecular formula is C11H15ClN4O2. The van der Waals surface area contributed by atoms with E-state index in [1.54, 1.807) is 0 Å². The molecule has 3 N–H and O–H groups in total. The molecule has 0 amide bonds. The van der Waals surface area contributed by atoms with Crippen LogP contribution in [0.1, 0.15) is 25.7 Å². The summed E-state index contributed by atoms with van der Waals surface area (Å²) in [6.07, 6.45) is 4.67. The minimum Gasteiger partial charge on any atom is -0.486 e. The van der Waals surface area contributed by atoms with Crippen LogP contribution >= 0.6 is 11.6 Å². The second-order valence-electron chi connectivity index (χ2n) is 4.93. The highest BCUT2D eigenvalue weighted by molar-refractivity contribution is 6.31. The Kier molecular flexibility index (Phi) is 2.91. The van der Waals surface area contributed by atoms with E-state index in [4.69, 9.17) is 26.9 Å². The highest BCUT2D eigenvalue weighted by atomic mass is 35.5. The van der Waals surface area contributed by atoms with Crippen molar-refractivity contribution in [3.05, 3.63) is 5.15 Å². The Bertz CT molecular complexity index is 463. The van der Waals surface area contributed by atoms with Gasteiger partial charge in [-0.3, -0.25) is 0 Å². The van der Waals surface area contributed by atoms with Crippen LogP contribution in [0.2, 0.25) is 5.15 Å². The molecule has 18 heavy (non-hydrogen) atoms. The molecular weight excluding hydrogens is 256 g/mol. The molecule has 98 valence electrons. The topological polar surface area (TPSA) is 82.3 Å². The molecule has 1 aromatic rings.